The van der Waals surface area contributed by atoms with Crippen LogP contribution in [0.15, 0.2) is 24.3 Å². The topological polar surface area (TPSA) is 50.4 Å². The summed E-state index contributed by atoms with van der Waals surface area (Å²) in [5.41, 5.74) is 1.28. The number of rotatable bonds is 6. The van der Waals surface area contributed by atoms with Crippen LogP contribution < -0.4 is 15.4 Å². The van der Waals surface area contributed by atoms with Crippen LogP contribution in [0.2, 0.25) is 0 Å². The number of hydrogen-bond donors (Lipinski definition) is 2. The van der Waals surface area contributed by atoms with Gasteiger partial charge in [-0.2, -0.15) is 0 Å². The number of methoxy groups -OCH3 is 1. The second-order valence-electron chi connectivity index (χ2n) is 4.94. The predicted octanol–water partition coefficient (Wildman–Crippen LogP) is 1.67. The second-order valence-corrected chi connectivity index (χ2v) is 4.94. The number of carbonyl (C=O) groups is 1. The lowest BCUT2D eigenvalue weighted by Crippen LogP contribution is -2.45. The Balaban J connectivity index is 1.78. The van der Waals surface area contributed by atoms with Crippen LogP contribution in [0.3, 0.4) is 0 Å². The third-order valence-electron chi connectivity index (χ3n) is 3.64. The van der Waals surface area contributed by atoms with Crippen molar-refractivity contribution in [3.8, 4) is 5.75 Å². The molecule has 1 fully saturated rings. The van der Waals surface area contributed by atoms with E-state index < -0.39 is 0 Å². The maximum Gasteiger partial charge on any atom is 0.233 e. The van der Waals surface area contributed by atoms with E-state index in [0.717, 1.165) is 18.6 Å². The van der Waals surface area contributed by atoms with Gasteiger partial charge in [-0.15, -0.1) is 0 Å². The molecule has 2 N–H and O–H groups in total. The van der Waals surface area contributed by atoms with E-state index in [1.165, 1.54) is 5.56 Å². The highest BCUT2D eigenvalue weighted by atomic mass is 16.5. The molecule has 0 heterocycles. The van der Waals surface area contributed by atoms with E-state index in [-0.39, 0.29) is 5.91 Å². The zero-order valence-electron chi connectivity index (χ0n) is 11.6. The van der Waals surface area contributed by atoms with E-state index in [4.69, 9.17) is 4.74 Å². The number of para-hydroxylation sites is 1. The number of ether oxygens (including phenoxy) is 1. The van der Waals surface area contributed by atoms with Gasteiger partial charge < -0.3 is 15.4 Å². The first kappa shape index (κ1) is 13.9. The molecule has 1 aromatic carbocycles. The Morgan fingerprint density at radius 2 is 2.11 bits per heavy atom. The molecule has 104 valence electrons. The van der Waals surface area contributed by atoms with Gasteiger partial charge in [0.25, 0.3) is 0 Å². The van der Waals surface area contributed by atoms with Gasteiger partial charge in [0, 0.05) is 12.6 Å². The van der Waals surface area contributed by atoms with E-state index in [1.54, 1.807) is 7.11 Å². The van der Waals surface area contributed by atoms with Crippen LogP contribution in [-0.2, 0) is 4.79 Å². The summed E-state index contributed by atoms with van der Waals surface area (Å²) < 4.78 is 5.38. The fraction of sp³-hybridized carbons (Fsp3) is 0.533. The van der Waals surface area contributed by atoms with Crippen molar-refractivity contribution in [3.63, 3.8) is 0 Å². The minimum atomic E-state index is 0.0724. The van der Waals surface area contributed by atoms with E-state index in [9.17, 15) is 4.79 Å². The van der Waals surface area contributed by atoms with Gasteiger partial charge in [0.05, 0.1) is 13.7 Å². The van der Waals surface area contributed by atoms with Crippen molar-refractivity contribution in [3.05, 3.63) is 29.8 Å². The van der Waals surface area contributed by atoms with Crippen molar-refractivity contribution in [2.24, 2.45) is 0 Å². The lowest BCUT2D eigenvalue weighted by molar-refractivity contribution is -0.120. The summed E-state index contributed by atoms with van der Waals surface area (Å²) in [6.45, 7) is 3.03. The highest BCUT2D eigenvalue weighted by Crippen LogP contribution is 2.40. The summed E-state index contributed by atoms with van der Waals surface area (Å²) >= 11 is 0. The fourth-order valence-corrected chi connectivity index (χ4v) is 2.54. The number of carbonyl (C=O) groups excluding carboxylic acids is 1. The van der Waals surface area contributed by atoms with Gasteiger partial charge >= 0.3 is 0 Å². The third-order valence-corrected chi connectivity index (χ3v) is 3.64. The van der Waals surface area contributed by atoms with Crippen LogP contribution in [0.1, 0.15) is 31.2 Å². The molecule has 4 heteroatoms. The molecule has 1 aromatic rings. The quantitative estimate of drug-likeness (QED) is 0.820. The fourth-order valence-electron chi connectivity index (χ4n) is 2.54. The molecule has 1 aliphatic carbocycles. The van der Waals surface area contributed by atoms with Crippen LogP contribution >= 0.6 is 0 Å². The molecular formula is C15H22N2O2. The lowest BCUT2D eigenvalue weighted by Gasteiger charge is -2.36. The highest BCUT2D eigenvalue weighted by molar-refractivity contribution is 5.77. The van der Waals surface area contributed by atoms with Gasteiger partial charge in [-0.3, -0.25) is 4.79 Å². The highest BCUT2D eigenvalue weighted by Gasteiger charge is 2.31. The van der Waals surface area contributed by atoms with Crippen molar-refractivity contribution in [1.82, 2.24) is 10.6 Å². The van der Waals surface area contributed by atoms with Crippen molar-refractivity contribution in [2.75, 3.05) is 20.2 Å². The van der Waals surface area contributed by atoms with Crippen LogP contribution in [0.5, 0.6) is 5.75 Å². The first-order valence-electron chi connectivity index (χ1n) is 6.87. The normalized spacial score (nSPS) is 21.6. The summed E-state index contributed by atoms with van der Waals surface area (Å²) in [5.74, 6) is 1.58. The minimum Gasteiger partial charge on any atom is -0.496 e. The van der Waals surface area contributed by atoms with Gasteiger partial charge in [-0.25, -0.2) is 0 Å². The summed E-state index contributed by atoms with van der Waals surface area (Å²) in [6, 6.07) is 8.62. The number of benzene rings is 1. The van der Waals surface area contributed by atoms with E-state index in [0.29, 0.717) is 25.0 Å². The van der Waals surface area contributed by atoms with Crippen molar-refractivity contribution in [1.29, 1.82) is 0 Å². The molecule has 2 rings (SSSR count). The number of hydrogen-bond acceptors (Lipinski definition) is 3. The van der Waals surface area contributed by atoms with E-state index in [1.807, 2.05) is 25.1 Å². The zero-order chi connectivity index (χ0) is 13.7. The van der Waals surface area contributed by atoms with Crippen molar-refractivity contribution >= 4 is 5.91 Å². The van der Waals surface area contributed by atoms with Gasteiger partial charge in [0.15, 0.2) is 0 Å². The van der Waals surface area contributed by atoms with E-state index >= 15 is 0 Å². The Morgan fingerprint density at radius 3 is 2.79 bits per heavy atom. The molecule has 1 amide bonds. The van der Waals surface area contributed by atoms with Gasteiger partial charge in [0.1, 0.15) is 5.75 Å². The van der Waals surface area contributed by atoms with Crippen LogP contribution in [-0.4, -0.2) is 32.1 Å². The summed E-state index contributed by atoms with van der Waals surface area (Å²) in [7, 11) is 1.71. The van der Waals surface area contributed by atoms with Crippen LogP contribution in [0.4, 0.5) is 0 Å². The van der Waals surface area contributed by atoms with Gasteiger partial charge in [0.2, 0.25) is 5.91 Å². The molecule has 0 saturated heterocycles. The molecule has 4 nitrogen and oxygen atoms in total. The lowest BCUT2D eigenvalue weighted by atomic mass is 9.75. The summed E-state index contributed by atoms with van der Waals surface area (Å²) in [6.07, 6.45) is 2.14. The summed E-state index contributed by atoms with van der Waals surface area (Å²) in [5, 5.41) is 6.08. The average molecular weight is 262 g/mol. The van der Waals surface area contributed by atoms with Crippen molar-refractivity contribution in [2.45, 2.75) is 31.7 Å². The van der Waals surface area contributed by atoms with Crippen molar-refractivity contribution < 1.29 is 9.53 Å². The Bertz CT molecular complexity index is 428. The molecule has 0 atom stereocenters. The summed E-state index contributed by atoms with van der Waals surface area (Å²) in [4.78, 5) is 11.3. The van der Waals surface area contributed by atoms with E-state index in [2.05, 4.69) is 16.7 Å². The smallest absolute Gasteiger partial charge is 0.233 e. The Labute approximate surface area is 114 Å². The van der Waals surface area contributed by atoms with Gasteiger partial charge in [-0.1, -0.05) is 18.2 Å². The third kappa shape index (κ3) is 3.47. The minimum absolute atomic E-state index is 0.0724. The molecule has 0 unspecified atom stereocenters. The number of amides is 1. The molecule has 1 aliphatic rings. The monoisotopic (exact) mass is 262 g/mol. The SMILES string of the molecule is CCNC(=O)CNC1CC(c2ccccc2OC)C1. The first-order chi connectivity index (χ1) is 9.24. The Morgan fingerprint density at radius 1 is 1.37 bits per heavy atom. The van der Waals surface area contributed by atoms with Crippen LogP contribution in [0, 0.1) is 0 Å². The largest absolute Gasteiger partial charge is 0.496 e. The van der Waals surface area contributed by atoms with Gasteiger partial charge in [-0.05, 0) is 37.3 Å². The predicted molar refractivity (Wildman–Crippen MR) is 75.4 cm³/mol. The molecule has 0 radical (unpaired) electrons. The molecule has 0 aliphatic heterocycles. The molecule has 0 spiro atoms. The molecule has 1 saturated carbocycles. The molecular weight excluding hydrogens is 240 g/mol. The standard InChI is InChI=1S/C15H22N2O2/c1-3-16-15(18)10-17-12-8-11(9-12)13-6-4-5-7-14(13)19-2/h4-7,11-12,17H,3,8-10H2,1-2H3,(H,16,18). The maximum atomic E-state index is 11.3. The molecule has 19 heavy (non-hydrogen) atoms. The number of nitrogens with one attached hydrogen (secondary N) is 2. The Kier molecular flexibility index (Phi) is 4.80. The molecule has 0 bridgehead atoms. The zero-order valence-corrected chi connectivity index (χ0v) is 11.6. The second kappa shape index (κ2) is 6.57. The molecule has 0 aromatic heterocycles. The first-order valence-corrected chi connectivity index (χ1v) is 6.87. The average Bonchev–Trinajstić information content (AvgIpc) is 2.37. The van der Waals surface area contributed by atoms with Crippen LogP contribution in [0.25, 0.3) is 0 Å². The Hall–Kier alpha value is -1.55. The maximum absolute atomic E-state index is 11.3. The number of likely N-dealkylation sites (N-methyl/N-ethyl adjacent to an activating group) is 1.